The molecule has 1 aliphatic heterocycles. The predicted molar refractivity (Wildman–Crippen MR) is 109 cm³/mol. The molecular weight excluding hydrogens is 358 g/mol. The second-order valence-corrected chi connectivity index (χ2v) is 7.04. The second-order valence-electron chi connectivity index (χ2n) is 7.04. The van der Waals surface area contributed by atoms with Gasteiger partial charge in [0.15, 0.2) is 0 Å². The summed E-state index contributed by atoms with van der Waals surface area (Å²) in [7, 11) is 0. The van der Waals surface area contributed by atoms with Crippen molar-refractivity contribution in [2.24, 2.45) is 5.92 Å². The molecule has 0 bridgehead atoms. The number of hydrogen-bond acceptors (Lipinski definition) is 5. The van der Waals surface area contributed by atoms with Gasteiger partial charge in [0.25, 0.3) is 11.6 Å². The molecule has 28 heavy (non-hydrogen) atoms. The van der Waals surface area contributed by atoms with Crippen molar-refractivity contribution in [1.29, 1.82) is 0 Å². The summed E-state index contributed by atoms with van der Waals surface area (Å²) >= 11 is 0. The third kappa shape index (κ3) is 4.60. The van der Waals surface area contributed by atoms with Gasteiger partial charge >= 0.3 is 0 Å². The molecule has 1 aliphatic rings. The lowest BCUT2D eigenvalue weighted by Crippen LogP contribution is -2.33. The van der Waals surface area contributed by atoms with Crippen LogP contribution in [0.2, 0.25) is 0 Å². The van der Waals surface area contributed by atoms with Crippen LogP contribution < -0.4 is 15.0 Å². The summed E-state index contributed by atoms with van der Waals surface area (Å²) in [6, 6.07) is 11.7. The van der Waals surface area contributed by atoms with Gasteiger partial charge in [-0.1, -0.05) is 6.92 Å². The lowest BCUT2D eigenvalue weighted by molar-refractivity contribution is -0.384. The van der Waals surface area contributed by atoms with Crippen molar-refractivity contribution in [3.63, 3.8) is 0 Å². The number of nitro benzene ring substituents is 1. The van der Waals surface area contributed by atoms with E-state index in [1.54, 1.807) is 36.4 Å². The Kier molecular flexibility index (Phi) is 6.13. The standard InChI is InChI=1S/C21H25N3O4/c1-3-28-18-7-5-17(6-8-18)22-21(25)16-4-9-19(20(14-16)24(26)27)23-12-10-15(2)11-13-23/h4-9,14-15H,3,10-13H2,1-2H3,(H,22,25). The van der Waals surface area contributed by atoms with Crippen molar-refractivity contribution >= 4 is 23.0 Å². The Hall–Kier alpha value is -3.09. The van der Waals surface area contributed by atoms with Crippen molar-refractivity contribution in [2.45, 2.75) is 26.7 Å². The van der Waals surface area contributed by atoms with Gasteiger partial charge in [0.2, 0.25) is 0 Å². The monoisotopic (exact) mass is 383 g/mol. The fourth-order valence-corrected chi connectivity index (χ4v) is 3.33. The molecule has 148 valence electrons. The highest BCUT2D eigenvalue weighted by atomic mass is 16.6. The zero-order chi connectivity index (χ0) is 20.1. The highest BCUT2D eigenvalue weighted by molar-refractivity contribution is 6.05. The average Bonchev–Trinajstić information content (AvgIpc) is 2.70. The fraction of sp³-hybridized carbons (Fsp3) is 0.381. The van der Waals surface area contributed by atoms with E-state index in [0.717, 1.165) is 31.7 Å². The van der Waals surface area contributed by atoms with Crippen molar-refractivity contribution < 1.29 is 14.5 Å². The van der Waals surface area contributed by atoms with E-state index < -0.39 is 4.92 Å². The third-order valence-corrected chi connectivity index (χ3v) is 4.98. The predicted octanol–water partition coefficient (Wildman–Crippen LogP) is 4.48. The van der Waals surface area contributed by atoms with E-state index in [-0.39, 0.29) is 17.2 Å². The molecule has 3 rings (SSSR count). The lowest BCUT2D eigenvalue weighted by atomic mass is 9.98. The molecule has 7 nitrogen and oxygen atoms in total. The van der Waals surface area contributed by atoms with E-state index in [4.69, 9.17) is 4.74 Å². The Bertz CT molecular complexity index is 843. The van der Waals surface area contributed by atoms with Crippen molar-refractivity contribution in [3.8, 4) is 5.75 Å². The number of carbonyl (C=O) groups excluding carboxylic acids is 1. The number of benzene rings is 2. The first-order valence-corrected chi connectivity index (χ1v) is 9.55. The number of nitro groups is 1. The topological polar surface area (TPSA) is 84.7 Å². The average molecular weight is 383 g/mol. The van der Waals surface area contributed by atoms with E-state index in [0.29, 0.717) is 23.9 Å². The molecule has 1 fully saturated rings. The third-order valence-electron chi connectivity index (χ3n) is 4.98. The Balaban J connectivity index is 1.77. The van der Waals surface area contributed by atoms with Gasteiger partial charge in [0.05, 0.1) is 11.5 Å². The number of nitrogens with one attached hydrogen (secondary N) is 1. The van der Waals surface area contributed by atoms with Gasteiger partial charge in [-0.05, 0) is 62.1 Å². The minimum absolute atomic E-state index is 0.0334. The molecule has 7 heteroatoms. The minimum atomic E-state index is -0.416. The number of rotatable bonds is 6. The molecule has 0 radical (unpaired) electrons. The summed E-state index contributed by atoms with van der Waals surface area (Å²) in [5, 5.41) is 14.4. The Morgan fingerprint density at radius 2 is 1.89 bits per heavy atom. The first kappa shape index (κ1) is 19.7. The van der Waals surface area contributed by atoms with Crippen LogP contribution in [0.25, 0.3) is 0 Å². The van der Waals surface area contributed by atoms with Crippen LogP contribution in [0.1, 0.15) is 37.0 Å². The van der Waals surface area contributed by atoms with Gasteiger partial charge in [-0.3, -0.25) is 14.9 Å². The van der Waals surface area contributed by atoms with Crippen LogP contribution in [0.15, 0.2) is 42.5 Å². The smallest absolute Gasteiger partial charge is 0.293 e. The molecule has 1 amide bonds. The lowest BCUT2D eigenvalue weighted by Gasteiger charge is -2.31. The minimum Gasteiger partial charge on any atom is -0.494 e. The maximum absolute atomic E-state index is 12.6. The van der Waals surface area contributed by atoms with Gasteiger partial charge in [0.1, 0.15) is 11.4 Å². The van der Waals surface area contributed by atoms with Crippen molar-refractivity contribution in [2.75, 3.05) is 29.9 Å². The number of anilines is 2. The van der Waals surface area contributed by atoms with E-state index in [2.05, 4.69) is 12.2 Å². The van der Waals surface area contributed by atoms with Crippen LogP contribution in [0.5, 0.6) is 5.75 Å². The molecule has 0 aliphatic carbocycles. The quantitative estimate of drug-likeness (QED) is 0.587. The molecule has 2 aromatic carbocycles. The van der Waals surface area contributed by atoms with Crippen LogP contribution in [0, 0.1) is 16.0 Å². The van der Waals surface area contributed by atoms with Crippen molar-refractivity contribution in [1.82, 2.24) is 0 Å². The zero-order valence-electron chi connectivity index (χ0n) is 16.2. The van der Waals surface area contributed by atoms with E-state index in [1.165, 1.54) is 6.07 Å². The summed E-state index contributed by atoms with van der Waals surface area (Å²) in [6.45, 7) is 6.24. The van der Waals surface area contributed by atoms with Gasteiger partial charge in [-0.2, -0.15) is 0 Å². The molecule has 2 aromatic rings. The summed E-state index contributed by atoms with van der Waals surface area (Å²) in [5.41, 5.74) is 1.41. The molecule has 0 saturated carbocycles. The van der Waals surface area contributed by atoms with Gasteiger partial charge in [0, 0.05) is 30.4 Å². The van der Waals surface area contributed by atoms with Crippen LogP contribution in [-0.2, 0) is 0 Å². The Labute approximate surface area is 164 Å². The largest absolute Gasteiger partial charge is 0.494 e. The number of carbonyl (C=O) groups is 1. The zero-order valence-corrected chi connectivity index (χ0v) is 16.2. The fourth-order valence-electron chi connectivity index (χ4n) is 3.33. The van der Waals surface area contributed by atoms with Crippen molar-refractivity contribution in [3.05, 3.63) is 58.1 Å². The van der Waals surface area contributed by atoms with E-state index in [9.17, 15) is 14.9 Å². The Morgan fingerprint density at radius 3 is 2.50 bits per heavy atom. The van der Waals surface area contributed by atoms with Gasteiger partial charge in [-0.15, -0.1) is 0 Å². The molecule has 1 heterocycles. The highest BCUT2D eigenvalue weighted by Crippen LogP contribution is 2.32. The Morgan fingerprint density at radius 1 is 1.21 bits per heavy atom. The maximum Gasteiger partial charge on any atom is 0.293 e. The second kappa shape index (κ2) is 8.73. The first-order chi connectivity index (χ1) is 13.5. The van der Waals surface area contributed by atoms with Gasteiger partial charge < -0.3 is 15.0 Å². The highest BCUT2D eigenvalue weighted by Gasteiger charge is 2.24. The molecule has 0 spiro atoms. The normalized spacial score (nSPS) is 14.6. The number of nitrogens with zero attached hydrogens (tertiary/aromatic N) is 2. The molecule has 0 unspecified atom stereocenters. The molecular formula is C21H25N3O4. The number of ether oxygens (including phenoxy) is 1. The summed E-state index contributed by atoms with van der Waals surface area (Å²) < 4.78 is 5.38. The van der Waals surface area contributed by atoms with Crippen LogP contribution in [0.3, 0.4) is 0 Å². The number of amides is 1. The molecule has 1 saturated heterocycles. The molecule has 0 aromatic heterocycles. The van der Waals surface area contributed by atoms with Gasteiger partial charge in [-0.25, -0.2) is 0 Å². The van der Waals surface area contributed by atoms with E-state index >= 15 is 0 Å². The SMILES string of the molecule is CCOc1ccc(NC(=O)c2ccc(N3CCC(C)CC3)c([N+](=O)[O-])c2)cc1. The maximum atomic E-state index is 12.6. The summed E-state index contributed by atoms with van der Waals surface area (Å²) in [4.78, 5) is 25.8. The van der Waals surface area contributed by atoms with Crippen LogP contribution >= 0.6 is 0 Å². The van der Waals surface area contributed by atoms with E-state index in [1.807, 2.05) is 11.8 Å². The first-order valence-electron chi connectivity index (χ1n) is 9.55. The number of hydrogen-bond donors (Lipinski definition) is 1. The van der Waals surface area contributed by atoms with Crippen LogP contribution in [-0.4, -0.2) is 30.5 Å². The van der Waals surface area contributed by atoms with Crippen LogP contribution in [0.4, 0.5) is 17.1 Å². The summed E-state index contributed by atoms with van der Waals surface area (Å²) in [5.74, 6) is 0.969. The number of piperidine rings is 1. The summed E-state index contributed by atoms with van der Waals surface area (Å²) in [6.07, 6.45) is 2.02. The molecule has 1 N–H and O–H groups in total. The molecule has 0 atom stereocenters.